The molecule has 0 bridgehead atoms. The lowest BCUT2D eigenvalue weighted by Crippen LogP contribution is -2.27. The van der Waals surface area contributed by atoms with Crippen molar-refractivity contribution in [3.63, 3.8) is 0 Å². The highest BCUT2D eigenvalue weighted by Gasteiger charge is 2.06. The molecule has 0 radical (unpaired) electrons. The Bertz CT molecular complexity index is 574. The molecular formula is C7H8N4O2. The number of aryl methyl sites for hydroxylation is 2. The Morgan fingerprint density at radius 2 is 2.08 bits per heavy atom. The molecule has 1 N–H and O–H groups in total. The number of hydrogen-bond donors (Lipinski definition) is 1. The van der Waals surface area contributed by atoms with E-state index in [1.165, 1.54) is 9.25 Å². The van der Waals surface area contributed by atoms with E-state index in [0.29, 0.717) is 5.52 Å². The average molecular weight is 180 g/mol. The summed E-state index contributed by atoms with van der Waals surface area (Å²) in [6.07, 6.45) is 1.63. The van der Waals surface area contributed by atoms with E-state index in [9.17, 15) is 9.59 Å². The molecule has 0 aliphatic carbocycles. The van der Waals surface area contributed by atoms with Crippen LogP contribution in [0.15, 0.2) is 15.8 Å². The Kier molecular flexibility index (Phi) is 1.39. The zero-order chi connectivity index (χ0) is 9.59. The molecule has 0 unspecified atom stereocenters. The first-order valence-corrected chi connectivity index (χ1v) is 3.72. The van der Waals surface area contributed by atoms with Gasteiger partial charge in [-0.1, -0.05) is 0 Å². The Hall–Kier alpha value is -1.85. The second-order valence-corrected chi connectivity index (χ2v) is 2.85. The number of nitrogens with zero attached hydrogens (tertiary/aromatic N) is 3. The predicted octanol–water partition coefficient (Wildman–Crippen LogP) is -1.04. The molecule has 0 spiro atoms. The van der Waals surface area contributed by atoms with Crippen LogP contribution in [-0.4, -0.2) is 19.3 Å². The zero-order valence-electron chi connectivity index (χ0n) is 7.24. The van der Waals surface area contributed by atoms with Crippen LogP contribution in [0, 0.1) is 0 Å². The Labute approximate surface area is 72.4 Å². The second kappa shape index (κ2) is 2.32. The molecule has 0 aliphatic heterocycles. The zero-order valence-corrected chi connectivity index (χ0v) is 7.24. The van der Waals surface area contributed by atoms with Crippen molar-refractivity contribution in [2.24, 2.45) is 14.1 Å². The van der Waals surface area contributed by atoms with Crippen LogP contribution in [0.4, 0.5) is 0 Å². The number of aromatic amines is 1. The molecule has 0 aliphatic rings. The minimum Gasteiger partial charge on any atom is -0.293 e. The maximum atomic E-state index is 11.2. The van der Waals surface area contributed by atoms with Crippen LogP contribution >= 0.6 is 0 Å². The molecule has 2 heterocycles. The number of rotatable bonds is 0. The van der Waals surface area contributed by atoms with Gasteiger partial charge in [-0.25, -0.2) is 4.79 Å². The van der Waals surface area contributed by atoms with Crippen LogP contribution in [0.25, 0.3) is 11.0 Å². The van der Waals surface area contributed by atoms with E-state index in [0.717, 1.165) is 0 Å². The molecule has 0 atom stereocenters. The van der Waals surface area contributed by atoms with E-state index in [1.807, 2.05) is 0 Å². The predicted molar refractivity (Wildman–Crippen MR) is 46.6 cm³/mol. The largest absolute Gasteiger partial charge is 0.328 e. The summed E-state index contributed by atoms with van der Waals surface area (Å²) in [5.74, 6) is 0. The van der Waals surface area contributed by atoms with Gasteiger partial charge in [0.1, 0.15) is 0 Å². The Morgan fingerprint density at radius 3 is 2.77 bits per heavy atom. The molecule has 0 saturated heterocycles. The minimum absolute atomic E-state index is 0.282. The normalized spacial score (nSPS) is 10.9. The smallest absolute Gasteiger partial charge is 0.293 e. The topological polar surface area (TPSA) is 72.7 Å². The lowest BCUT2D eigenvalue weighted by atomic mass is 10.4. The lowest BCUT2D eigenvalue weighted by molar-refractivity contribution is 0.777. The summed E-state index contributed by atoms with van der Waals surface area (Å²) in [4.78, 5) is 24.5. The van der Waals surface area contributed by atoms with Crippen molar-refractivity contribution >= 4 is 11.0 Å². The number of fused-ring (bicyclic) bond motifs is 1. The van der Waals surface area contributed by atoms with Gasteiger partial charge in [0, 0.05) is 20.3 Å². The van der Waals surface area contributed by atoms with Gasteiger partial charge in [0.05, 0.1) is 5.52 Å². The summed E-state index contributed by atoms with van der Waals surface area (Å²) in [5, 5.41) is 3.93. The maximum absolute atomic E-state index is 11.2. The summed E-state index contributed by atoms with van der Waals surface area (Å²) >= 11 is 0. The fourth-order valence-corrected chi connectivity index (χ4v) is 1.23. The Balaban J connectivity index is 3.13. The van der Waals surface area contributed by atoms with Gasteiger partial charge in [-0.2, -0.15) is 5.10 Å². The average Bonchev–Trinajstić information content (AvgIpc) is 2.44. The molecule has 2 aromatic rings. The molecule has 0 aromatic carbocycles. The van der Waals surface area contributed by atoms with Crippen LogP contribution in [0.1, 0.15) is 0 Å². The van der Waals surface area contributed by atoms with Crippen LogP contribution in [0.2, 0.25) is 0 Å². The van der Waals surface area contributed by atoms with Gasteiger partial charge in [0.2, 0.25) is 0 Å². The van der Waals surface area contributed by atoms with E-state index < -0.39 is 11.2 Å². The van der Waals surface area contributed by atoms with Crippen molar-refractivity contribution in [1.82, 2.24) is 19.3 Å². The first-order chi connectivity index (χ1) is 6.09. The quantitative estimate of drug-likeness (QED) is 0.562. The summed E-state index contributed by atoms with van der Waals surface area (Å²) in [5.41, 5.74) is -0.0509. The highest BCUT2D eigenvalue weighted by atomic mass is 16.2. The van der Waals surface area contributed by atoms with Gasteiger partial charge >= 0.3 is 5.69 Å². The molecule has 6 heteroatoms. The van der Waals surface area contributed by atoms with Gasteiger partial charge in [-0.3, -0.25) is 19.0 Å². The third-order valence-corrected chi connectivity index (χ3v) is 1.91. The van der Waals surface area contributed by atoms with Crippen LogP contribution in [0.5, 0.6) is 0 Å². The highest BCUT2D eigenvalue weighted by Crippen LogP contribution is 2.01. The van der Waals surface area contributed by atoms with Crippen molar-refractivity contribution in [3.05, 3.63) is 27.0 Å². The monoisotopic (exact) mass is 180 g/mol. The molecule has 2 aromatic heterocycles. The summed E-state index contributed by atoms with van der Waals surface area (Å²) in [7, 11) is 3.28. The SMILES string of the molecule is Cn1cc2c(n1)c(=O)[nH]c(=O)n2C. The first-order valence-electron chi connectivity index (χ1n) is 3.72. The van der Waals surface area contributed by atoms with Gasteiger partial charge in [-0.05, 0) is 0 Å². The van der Waals surface area contributed by atoms with Crippen molar-refractivity contribution in [2.75, 3.05) is 0 Å². The van der Waals surface area contributed by atoms with Crippen LogP contribution in [-0.2, 0) is 14.1 Å². The Morgan fingerprint density at radius 1 is 1.38 bits per heavy atom. The van der Waals surface area contributed by atoms with Crippen molar-refractivity contribution in [3.8, 4) is 0 Å². The third kappa shape index (κ3) is 0.986. The third-order valence-electron chi connectivity index (χ3n) is 1.91. The summed E-state index contributed by atoms with van der Waals surface area (Å²) in [6.45, 7) is 0. The first kappa shape index (κ1) is 7.78. The molecule has 0 fully saturated rings. The molecule has 13 heavy (non-hydrogen) atoms. The van der Waals surface area contributed by atoms with E-state index in [2.05, 4.69) is 10.1 Å². The van der Waals surface area contributed by atoms with Crippen molar-refractivity contribution < 1.29 is 0 Å². The lowest BCUT2D eigenvalue weighted by Gasteiger charge is -1.94. The van der Waals surface area contributed by atoms with Gasteiger partial charge in [-0.15, -0.1) is 0 Å². The molecule has 68 valence electrons. The maximum Gasteiger partial charge on any atom is 0.328 e. The second-order valence-electron chi connectivity index (χ2n) is 2.85. The molecule has 2 rings (SSSR count). The van der Waals surface area contributed by atoms with Crippen LogP contribution < -0.4 is 11.2 Å². The van der Waals surface area contributed by atoms with Gasteiger partial charge in [0.25, 0.3) is 5.56 Å². The standard InChI is InChI=1S/C7H8N4O2/c1-10-3-4-5(9-10)6(12)8-7(13)11(4)2/h3H,1-2H3,(H,8,12,13). The van der Waals surface area contributed by atoms with E-state index >= 15 is 0 Å². The molecular weight excluding hydrogens is 172 g/mol. The molecule has 0 amide bonds. The number of H-pyrrole nitrogens is 1. The van der Waals surface area contributed by atoms with Gasteiger partial charge in [0.15, 0.2) is 5.52 Å². The van der Waals surface area contributed by atoms with Gasteiger partial charge < -0.3 is 0 Å². The van der Waals surface area contributed by atoms with E-state index in [4.69, 9.17) is 0 Å². The fourth-order valence-electron chi connectivity index (χ4n) is 1.23. The molecule has 0 saturated carbocycles. The van der Waals surface area contributed by atoms with E-state index in [1.54, 1.807) is 20.3 Å². The number of hydrogen-bond acceptors (Lipinski definition) is 3. The summed E-state index contributed by atoms with van der Waals surface area (Å²) in [6, 6.07) is 0. The number of aromatic nitrogens is 4. The minimum atomic E-state index is -0.446. The fraction of sp³-hybridized carbons (Fsp3) is 0.286. The summed E-state index contributed by atoms with van der Waals surface area (Å²) < 4.78 is 2.85. The van der Waals surface area contributed by atoms with Crippen LogP contribution in [0.3, 0.4) is 0 Å². The van der Waals surface area contributed by atoms with E-state index in [-0.39, 0.29) is 5.52 Å². The molecule has 6 nitrogen and oxygen atoms in total. The highest BCUT2D eigenvalue weighted by molar-refractivity contribution is 5.72. The van der Waals surface area contributed by atoms with Crippen molar-refractivity contribution in [1.29, 1.82) is 0 Å². The van der Waals surface area contributed by atoms with Crippen molar-refractivity contribution in [2.45, 2.75) is 0 Å². The number of nitrogens with one attached hydrogen (secondary N) is 1.